The van der Waals surface area contributed by atoms with Crippen LogP contribution in [-0.2, 0) is 11.2 Å². The molecule has 1 rings (SSSR count). The van der Waals surface area contributed by atoms with Gasteiger partial charge in [0.1, 0.15) is 11.8 Å². The van der Waals surface area contributed by atoms with E-state index >= 15 is 0 Å². The molecule has 0 aliphatic carbocycles. The molecule has 1 aromatic carbocycles. The molecular weight excluding hydrogens is 224 g/mol. The number of azide groups is 1. The molecule has 0 spiro atoms. The summed E-state index contributed by atoms with van der Waals surface area (Å²) in [5.74, 6) is -0.651. The van der Waals surface area contributed by atoms with E-state index < -0.39 is 12.0 Å². The lowest BCUT2D eigenvalue weighted by Crippen LogP contribution is -2.32. The number of carboxylic acid groups (broad SMARTS) is 1. The number of nitrogens with two attached hydrogens (primary N) is 1. The van der Waals surface area contributed by atoms with Crippen molar-refractivity contribution < 1.29 is 14.6 Å². The highest BCUT2D eigenvalue weighted by molar-refractivity contribution is 5.73. The zero-order valence-corrected chi connectivity index (χ0v) is 9.20. The molecule has 0 heterocycles. The number of methoxy groups -OCH3 is 1. The number of ether oxygens (including phenoxy) is 1. The summed E-state index contributed by atoms with van der Waals surface area (Å²) >= 11 is 0. The van der Waals surface area contributed by atoms with Crippen LogP contribution < -0.4 is 10.5 Å². The molecule has 0 amide bonds. The highest BCUT2D eigenvalue weighted by atomic mass is 16.5. The van der Waals surface area contributed by atoms with E-state index in [2.05, 4.69) is 10.0 Å². The molecule has 7 heteroatoms. The van der Waals surface area contributed by atoms with Crippen LogP contribution in [-0.4, -0.2) is 24.2 Å². The van der Waals surface area contributed by atoms with E-state index in [0.717, 1.165) is 0 Å². The van der Waals surface area contributed by atoms with Crippen molar-refractivity contribution in [1.82, 2.24) is 0 Å². The number of hydrogen-bond donors (Lipinski definition) is 2. The van der Waals surface area contributed by atoms with Crippen molar-refractivity contribution >= 4 is 11.7 Å². The van der Waals surface area contributed by atoms with Crippen LogP contribution in [0.4, 0.5) is 5.69 Å². The third-order valence-electron chi connectivity index (χ3n) is 2.17. The molecule has 0 saturated carbocycles. The van der Waals surface area contributed by atoms with Gasteiger partial charge in [0.05, 0.1) is 12.8 Å². The quantitative estimate of drug-likeness (QED) is 0.458. The molecule has 0 bridgehead atoms. The third-order valence-corrected chi connectivity index (χ3v) is 2.17. The number of aliphatic carboxylic acids is 1. The molecule has 7 nitrogen and oxygen atoms in total. The lowest BCUT2D eigenvalue weighted by atomic mass is 10.1. The highest BCUT2D eigenvalue weighted by Crippen LogP contribution is 2.28. The lowest BCUT2D eigenvalue weighted by Gasteiger charge is -2.09. The highest BCUT2D eigenvalue weighted by Gasteiger charge is 2.13. The van der Waals surface area contributed by atoms with Crippen LogP contribution >= 0.6 is 0 Å². The molecule has 0 saturated heterocycles. The van der Waals surface area contributed by atoms with Gasteiger partial charge in [0, 0.05) is 4.91 Å². The molecule has 0 fully saturated rings. The molecule has 90 valence electrons. The molecule has 17 heavy (non-hydrogen) atoms. The minimum Gasteiger partial charge on any atom is -0.496 e. The van der Waals surface area contributed by atoms with E-state index in [1.165, 1.54) is 7.11 Å². The minimum absolute atomic E-state index is 0.160. The summed E-state index contributed by atoms with van der Waals surface area (Å²) in [5, 5.41) is 12.1. The summed E-state index contributed by atoms with van der Waals surface area (Å²) in [6, 6.07) is 3.86. The van der Waals surface area contributed by atoms with E-state index in [1.807, 2.05) is 0 Å². The monoisotopic (exact) mass is 236 g/mol. The second-order valence-electron chi connectivity index (χ2n) is 3.34. The molecular formula is C10H12N4O3. The van der Waals surface area contributed by atoms with E-state index in [1.54, 1.807) is 18.2 Å². The van der Waals surface area contributed by atoms with Crippen LogP contribution in [0.5, 0.6) is 5.75 Å². The van der Waals surface area contributed by atoms with Crippen LogP contribution in [0.15, 0.2) is 23.3 Å². The van der Waals surface area contributed by atoms with Crippen molar-refractivity contribution in [2.24, 2.45) is 10.8 Å². The summed E-state index contributed by atoms with van der Waals surface area (Å²) in [6.45, 7) is 0. The number of hydrogen-bond acceptors (Lipinski definition) is 4. The first-order valence-corrected chi connectivity index (χ1v) is 4.79. The Kier molecular flexibility index (Phi) is 4.33. The molecule has 0 aliphatic rings. The van der Waals surface area contributed by atoms with Gasteiger partial charge in [-0.05, 0) is 29.6 Å². The molecule has 0 radical (unpaired) electrons. The van der Waals surface area contributed by atoms with Gasteiger partial charge >= 0.3 is 5.97 Å². The van der Waals surface area contributed by atoms with Crippen molar-refractivity contribution in [2.45, 2.75) is 12.5 Å². The maximum Gasteiger partial charge on any atom is 0.320 e. The normalized spacial score (nSPS) is 11.4. The van der Waals surface area contributed by atoms with Crippen LogP contribution in [0.25, 0.3) is 10.4 Å². The molecule has 0 aliphatic heterocycles. The van der Waals surface area contributed by atoms with Crippen LogP contribution in [0.3, 0.4) is 0 Å². The van der Waals surface area contributed by atoms with Crippen LogP contribution in [0, 0.1) is 0 Å². The van der Waals surface area contributed by atoms with Gasteiger partial charge in [0.15, 0.2) is 0 Å². The average Bonchev–Trinajstić information content (AvgIpc) is 2.29. The first-order valence-electron chi connectivity index (χ1n) is 4.79. The molecule has 0 aromatic heterocycles. The lowest BCUT2D eigenvalue weighted by molar-refractivity contribution is -0.138. The van der Waals surface area contributed by atoms with Gasteiger partial charge in [0.25, 0.3) is 0 Å². The smallest absolute Gasteiger partial charge is 0.320 e. The first-order chi connectivity index (χ1) is 8.08. The Morgan fingerprint density at radius 2 is 2.41 bits per heavy atom. The number of benzene rings is 1. The SMILES string of the molecule is COc1ccc(CC(N)C(=O)O)cc1N=[N+]=[N-]. The summed E-state index contributed by atoms with van der Waals surface area (Å²) in [7, 11) is 1.45. The van der Waals surface area contributed by atoms with E-state index in [4.69, 9.17) is 21.1 Å². The van der Waals surface area contributed by atoms with E-state index in [-0.39, 0.29) is 6.42 Å². The Bertz CT molecular complexity index is 469. The number of rotatable bonds is 5. The van der Waals surface area contributed by atoms with Gasteiger partial charge in [-0.1, -0.05) is 11.2 Å². The van der Waals surface area contributed by atoms with Gasteiger partial charge in [-0.2, -0.15) is 0 Å². The van der Waals surface area contributed by atoms with E-state index in [9.17, 15) is 4.79 Å². The van der Waals surface area contributed by atoms with Gasteiger partial charge in [-0.25, -0.2) is 0 Å². The maximum absolute atomic E-state index is 10.6. The van der Waals surface area contributed by atoms with Crippen molar-refractivity contribution in [2.75, 3.05) is 7.11 Å². The second kappa shape index (κ2) is 5.74. The van der Waals surface area contributed by atoms with Gasteiger partial charge in [-0.3, -0.25) is 4.79 Å². The largest absolute Gasteiger partial charge is 0.496 e. The van der Waals surface area contributed by atoms with Crippen LogP contribution in [0.1, 0.15) is 5.56 Å². The Morgan fingerprint density at radius 1 is 1.71 bits per heavy atom. The fourth-order valence-corrected chi connectivity index (χ4v) is 1.33. The van der Waals surface area contributed by atoms with Crippen molar-refractivity contribution in [3.63, 3.8) is 0 Å². The molecule has 1 unspecified atom stereocenters. The summed E-state index contributed by atoms with van der Waals surface area (Å²) in [6.07, 6.45) is 0.160. The first kappa shape index (κ1) is 12.8. The topological polar surface area (TPSA) is 121 Å². The van der Waals surface area contributed by atoms with Gasteiger partial charge in [-0.15, -0.1) is 0 Å². The summed E-state index contributed by atoms with van der Waals surface area (Å²) in [5.41, 5.74) is 14.8. The predicted molar refractivity (Wildman–Crippen MR) is 61.1 cm³/mol. The van der Waals surface area contributed by atoms with Gasteiger partial charge in [0.2, 0.25) is 0 Å². The number of carbonyl (C=O) groups is 1. The molecule has 1 atom stereocenters. The maximum atomic E-state index is 10.6. The zero-order chi connectivity index (χ0) is 12.8. The molecule has 3 N–H and O–H groups in total. The van der Waals surface area contributed by atoms with E-state index in [0.29, 0.717) is 17.0 Å². The second-order valence-corrected chi connectivity index (χ2v) is 3.34. The van der Waals surface area contributed by atoms with Crippen molar-refractivity contribution in [3.8, 4) is 5.75 Å². The standard InChI is InChI=1S/C10H12N4O3/c1-17-9-3-2-6(4-7(11)10(15)16)5-8(9)13-14-12/h2-3,5,7H,4,11H2,1H3,(H,15,16). The Balaban J connectivity index is 2.99. The van der Waals surface area contributed by atoms with Gasteiger partial charge < -0.3 is 15.6 Å². The zero-order valence-electron chi connectivity index (χ0n) is 9.20. The summed E-state index contributed by atoms with van der Waals surface area (Å²) < 4.78 is 4.99. The number of nitrogens with zero attached hydrogens (tertiary/aromatic N) is 3. The average molecular weight is 236 g/mol. The summed E-state index contributed by atoms with van der Waals surface area (Å²) in [4.78, 5) is 13.3. The fourth-order valence-electron chi connectivity index (χ4n) is 1.33. The van der Waals surface area contributed by atoms with Crippen molar-refractivity contribution in [1.29, 1.82) is 0 Å². The minimum atomic E-state index is -1.08. The predicted octanol–water partition coefficient (Wildman–Crippen LogP) is 1.59. The van der Waals surface area contributed by atoms with Crippen LogP contribution in [0.2, 0.25) is 0 Å². The molecule has 1 aromatic rings. The fraction of sp³-hybridized carbons (Fsp3) is 0.300. The Morgan fingerprint density at radius 3 is 2.94 bits per heavy atom. The van der Waals surface area contributed by atoms with Crippen molar-refractivity contribution in [3.05, 3.63) is 34.2 Å². The Hall–Kier alpha value is -2.24. The Labute approximate surface area is 97.4 Å². The third kappa shape index (κ3) is 3.37. The number of carboxylic acids is 1.